The number of anilines is 1. The molecule has 0 spiro atoms. The number of carbonyl (C=O) groups is 3. The van der Waals surface area contributed by atoms with E-state index in [1.54, 1.807) is 17.9 Å². The summed E-state index contributed by atoms with van der Waals surface area (Å²) in [5.74, 6) is -0.712. The highest BCUT2D eigenvalue weighted by Gasteiger charge is 2.36. The summed E-state index contributed by atoms with van der Waals surface area (Å²) in [5, 5.41) is 0. The number of hydrogen-bond acceptors (Lipinski definition) is 3. The first-order valence-electron chi connectivity index (χ1n) is 6.88. The summed E-state index contributed by atoms with van der Waals surface area (Å²) in [4.78, 5) is 36.5. The van der Waals surface area contributed by atoms with Gasteiger partial charge in [-0.2, -0.15) is 0 Å². The number of Topliss-reactive ketones (excluding diaryl/α,β-unsaturated/α-hetero) is 2. The van der Waals surface area contributed by atoms with Gasteiger partial charge in [0, 0.05) is 13.0 Å². The Bertz CT molecular complexity index is 590. The fraction of sp³-hybridized carbons (Fsp3) is 0.438. The van der Waals surface area contributed by atoms with Crippen molar-refractivity contribution >= 4 is 23.2 Å². The molecule has 0 aromatic heterocycles. The standard InChI is InChI=1S/C16H19NO3/c1-10-8-11(2)14-13(9-10)15(19)16(20)17(14)7-5-4-6-12(3)18/h8-9H,4-7H2,1-3H3. The second kappa shape index (κ2) is 5.57. The summed E-state index contributed by atoms with van der Waals surface area (Å²) in [6, 6.07) is 3.76. The number of rotatable bonds is 5. The molecule has 4 nitrogen and oxygen atoms in total. The van der Waals surface area contributed by atoms with Crippen LogP contribution >= 0.6 is 0 Å². The first-order valence-corrected chi connectivity index (χ1v) is 6.88. The normalized spacial score (nSPS) is 13.8. The van der Waals surface area contributed by atoms with Gasteiger partial charge in [-0.05, 0) is 50.8 Å². The molecule has 0 fully saturated rings. The van der Waals surface area contributed by atoms with Crippen LogP contribution in [-0.4, -0.2) is 24.0 Å². The van der Waals surface area contributed by atoms with Gasteiger partial charge in [0.15, 0.2) is 0 Å². The molecular weight excluding hydrogens is 254 g/mol. The SMILES string of the molecule is CC(=O)CCCCN1C(=O)C(=O)c2cc(C)cc(C)c21. The third-order valence-electron chi connectivity index (χ3n) is 3.56. The molecule has 1 aliphatic heterocycles. The summed E-state index contributed by atoms with van der Waals surface area (Å²) >= 11 is 0. The molecule has 1 amide bonds. The summed E-state index contributed by atoms with van der Waals surface area (Å²) in [6.07, 6.45) is 1.99. The van der Waals surface area contributed by atoms with Gasteiger partial charge in [-0.15, -0.1) is 0 Å². The topological polar surface area (TPSA) is 54.5 Å². The van der Waals surface area contributed by atoms with Crippen molar-refractivity contribution in [3.05, 3.63) is 28.8 Å². The molecule has 0 unspecified atom stereocenters. The maximum Gasteiger partial charge on any atom is 0.299 e. The van der Waals surface area contributed by atoms with Crippen molar-refractivity contribution in [1.29, 1.82) is 0 Å². The lowest BCUT2D eigenvalue weighted by Gasteiger charge is -2.18. The van der Waals surface area contributed by atoms with Gasteiger partial charge in [0.2, 0.25) is 0 Å². The molecule has 0 N–H and O–H groups in total. The molecule has 1 heterocycles. The Labute approximate surface area is 118 Å². The van der Waals surface area contributed by atoms with Gasteiger partial charge in [0.1, 0.15) is 5.78 Å². The lowest BCUT2D eigenvalue weighted by atomic mass is 10.0. The van der Waals surface area contributed by atoms with Crippen molar-refractivity contribution in [2.24, 2.45) is 0 Å². The smallest absolute Gasteiger partial charge is 0.299 e. The molecule has 0 aliphatic carbocycles. The molecule has 0 saturated heterocycles. The molecule has 0 bridgehead atoms. The van der Waals surface area contributed by atoms with Crippen molar-refractivity contribution in [2.75, 3.05) is 11.4 Å². The zero-order valence-corrected chi connectivity index (χ0v) is 12.2. The average molecular weight is 273 g/mol. The molecule has 1 aliphatic rings. The second-order valence-electron chi connectivity index (χ2n) is 5.42. The van der Waals surface area contributed by atoms with Gasteiger partial charge in [0.05, 0.1) is 11.3 Å². The number of amides is 1. The highest BCUT2D eigenvalue weighted by Crippen LogP contribution is 2.33. The van der Waals surface area contributed by atoms with Gasteiger partial charge in [-0.3, -0.25) is 9.59 Å². The number of nitrogens with zero attached hydrogens (tertiary/aromatic N) is 1. The van der Waals surface area contributed by atoms with Gasteiger partial charge >= 0.3 is 0 Å². The first kappa shape index (κ1) is 14.4. The zero-order chi connectivity index (χ0) is 14.9. The molecular formula is C16H19NO3. The highest BCUT2D eigenvalue weighted by atomic mass is 16.2. The molecule has 106 valence electrons. The Kier molecular flexibility index (Phi) is 4.02. The summed E-state index contributed by atoms with van der Waals surface area (Å²) in [5.41, 5.74) is 3.19. The Morgan fingerprint density at radius 1 is 1.15 bits per heavy atom. The highest BCUT2D eigenvalue weighted by molar-refractivity contribution is 6.52. The quantitative estimate of drug-likeness (QED) is 0.612. The molecule has 20 heavy (non-hydrogen) atoms. The summed E-state index contributed by atoms with van der Waals surface area (Å²) in [7, 11) is 0. The number of aryl methyl sites for hydroxylation is 2. The minimum Gasteiger partial charge on any atom is -0.304 e. The van der Waals surface area contributed by atoms with Crippen molar-refractivity contribution in [1.82, 2.24) is 0 Å². The van der Waals surface area contributed by atoms with E-state index in [0.717, 1.165) is 29.7 Å². The summed E-state index contributed by atoms with van der Waals surface area (Å²) in [6.45, 7) is 5.89. The molecule has 4 heteroatoms. The van der Waals surface area contributed by atoms with E-state index in [0.29, 0.717) is 18.5 Å². The van der Waals surface area contributed by atoms with Gasteiger partial charge in [-0.1, -0.05) is 6.07 Å². The second-order valence-corrected chi connectivity index (χ2v) is 5.42. The Hall–Kier alpha value is -1.97. The number of hydrogen-bond donors (Lipinski definition) is 0. The van der Waals surface area contributed by atoms with Crippen LogP contribution in [0, 0.1) is 13.8 Å². The Balaban J connectivity index is 2.18. The van der Waals surface area contributed by atoms with Crippen LogP contribution in [0.15, 0.2) is 12.1 Å². The molecule has 2 rings (SSSR count). The summed E-state index contributed by atoms with van der Waals surface area (Å²) < 4.78 is 0. The molecule has 0 radical (unpaired) electrons. The van der Waals surface area contributed by atoms with E-state index >= 15 is 0 Å². The van der Waals surface area contributed by atoms with Crippen molar-refractivity contribution in [2.45, 2.75) is 40.0 Å². The maximum absolute atomic E-state index is 12.1. The van der Waals surface area contributed by atoms with Gasteiger partial charge < -0.3 is 9.69 Å². The predicted octanol–water partition coefficient (Wildman–Crippen LogP) is 2.59. The largest absolute Gasteiger partial charge is 0.304 e. The maximum atomic E-state index is 12.1. The Morgan fingerprint density at radius 3 is 2.50 bits per heavy atom. The van der Waals surface area contributed by atoms with Gasteiger partial charge in [-0.25, -0.2) is 0 Å². The van der Waals surface area contributed by atoms with E-state index in [9.17, 15) is 14.4 Å². The lowest BCUT2D eigenvalue weighted by Crippen LogP contribution is -2.31. The van der Waals surface area contributed by atoms with Crippen LogP contribution in [0.3, 0.4) is 0 Å². The third kappa shape index (κ3) is 2.64. The van der Waals surface area contributed by atoms with E-state index in [4.69, 9.17) is 0 Å². The van der Waals surface area contributed by atoms with E-state index < -0.39 is 11.7 Å². The van der Waals surface area contributed by atoms with Crippen LogP contribution in [-0.2, 0) is 9.59 Å². The number of ketones is 2. The minimum absolute atomic E-state index is 0.154. The number of unbranched alkanes of at least 4 members (excludes halogenated alkanes) is 1. The zero-order valence-electron chi connectivity index (χ0n) is 12.2. The van der Waals surface area contributed by atoms with E-state index in [-0.39, 0.29) is 5.78 Å². The van der Waals surface area contributed by atoms with E-state index in [2.05, 4.69) is 0 Å². The number of carbonyl (C=O) groups excluding carboxylic acids is 3. The lowest BCUT2D eigenvalue weighted by molar-refractivity contribution is -0.117. The predicted molar refractivity (Wildman–Crippen MR) is 77.1 cm³/mol. The first-order chi connectivity index (χ1) is 9.41. The van der Waals surface area contributed by atoms with Crippen LogP contribution in [0.25, 0.3) is 0 Å². The fourth-order valence-electron chi connectivity index (χ4n) is 2.69. The number of fused-ring (bicyclic) bond motifs is 1. The van der Waals surface area contributed by atoms with Crippen LogP contribution in [0.2, 0.25) is 0 Å². The molecule has 1 aromatic carbocycles. The van der Waals surface area contributed by atoms with E-state index in [1.165, 1.54) is 0 Å². The van der Waals surface area contributed by atoms with Crippen molar-refractivity contribution in [3.8, 4) is 0 Å². The average Bonchev–Trinajstić information content (AvgIpc) is 2.59. The molecule has 0 saturated carbocycles. The minimum atomic E-state index is -0.448. The number of benzene rings is 1. The third-order valence-corrected chi connectivity index (χ3v) is 3.56. The molecule has 0 atom stereocenters. The molecule has 1 aromatic rings. The van der Waals surface area contributed by atoms with Crippen LogP contribution < -0.4 is 4.90 Å². The van der Waals surface area contributed by atoms with Gasteiger partial charge in [0.25, 0.3) is 11.7 Å². The van der Waals surface area contributed by atoms with Crippen LogP contribution in [0.5, 0.6) is 0 Å². The fourth-order valence-corrected chi connectivity index (χ4v) is 2.69. The Morgan fingerprint density at radius 2 is 1.85 bits per heavy atom. The van der Waals surface area contributed by atoms with E-state index in [1.807, 2.05) is 19.9 Å². The monoisotopic (exact) mass is 273 g/mol. The van der Waals surface area contributed by atoms with Crippen LogP contribution in [0.1, 0.15) is 47.7 Å². The van der Waals surface area contributed by atoms with Crippen molar-refractivity contribution < 1.29 is 14.4 Å². The van der Waals surface area contributed by atoms with Crippen LogP contribution in [0.4, 0.5) is 5.69 Å². The van der Waals surface area contributed by atoms with Crippen molar-refractivity contribution in [3.63, 3.8) is 0 Å².